The van der Waals surface area contributed by atoms with Crippen molar-refractivity contribution < 1.29 is 5.41 Å². The van der Waals surface area contributed by atoms with Crippen LogP contribution >= 0.6 is 11.8 Å². The van der Waals surface area contributed by atoms with Crippen molar-refractivity contribution in [1.82, 2.24) is 4.98 Å². The standard InChI is InChI=1S/C17H13N5S/c18-7-13-12-3-6-23-8-14(12)15(11-1-4-22-5-2-11)17(9-19,10-20)16(13)21/h1-5,13-15,21H,6,8H2/p+1/t13-,14+,15-/m1/s1. The molecule has 1 saturated carbocycles. The van der Waals surface area contributed by atoms with E-state index in [-0.39, 0.29) is 17.5 Å². The molecule has 1 aromatic heterocycles. The van der Waals surface area contributed by atoms with E-state index in [0.717, 1.165) is 22.6 Å². The third-order valence-corrected chi connectivity index (χ3v) is 5.68. The van der Waals surface area contributed by atoms with E-state index < -0.39 is 11.3 Å². The van der Waals surface area contributed by atoms with E-state index in [1.807, 2.05) is 18.2 Å². The van der Waals surface area contributed by atoms with Crippen LogP contribution in [-0.4, -0.2) is 22.2 Å². The van der Waals surface area contributed by atoms with Gasteiger partial charge in [-0.15, -0.1) is 0 Å². The molecular formula is C17H14N5S+. The normalized spacial score (nSPS) is 28.5. The van der Waals surface area contributed by atoms with Crippen molar-refractivity contribution in [1.29, 1.82) is 15.8 Å². The fraction of sp³-hybridized carbons (Fsp3) is 0.353. The van der Waals surface area contributed by atoms with Crippen molar-refractivity contribution in [2.45, 2.75) is 5.92 Å². The first kappa shape index (κ1) is 15.3. The lowest BCUT2D eigenvalue weighted by Gasteiger charge is -2.43. The topological polar surface area (TPSA) is 110 Å². The Hall–Kier alpha value is -2.62. The maximum atomic E-state index is 9.82. The van der Waals surface area contributed by atoms with E-state index in [4.69, 9.17) is 5.41 Å². The zero-order valence-electron chi connectivity index (χ0n) is 12.3. The predicted octanol–water partition coefficient (Wildman–Crippen LogP) is 0.842. The lowest BCUT2D eigenvalue weighted by Crippen LogP contribution is -2.61. The Labute approximate surface area is 138 Å². The van der Waals surface area contributed by atoms with Gasteiger partial charge in [0.15, 0.2) is 0 Å². The number of nitriles is 3. The molecule has 3 atom stereocenters. The summed E-state index contributed by atoms with van der Waals surface area (Å²) in [4.78, 5) is 4.02. The van der Waals surface area contributed by atoms with E-state index >= 15 is 0 Å². The average molecular weight is 320 g/mol. The minimum Gasteiger partial charge on any atom is -0.265 e. The molecule has 0 saturated heterocycles. The smallest absolute Gasteiger partial charge is 0.230 e. The van der Waals surface area contributed by atoms with Crippen LogP contribution in [-0.2, 0) is 0 Å². The minimum atomic E-state index is -1.50. The lowest BCUT2D eigenvalue weighted by atomic mass is 9.55. The molecule has 6 heteroatoms. The Morgan fingerprint density at radius 3 is 2.52 bits per heavy atom. The molecule has 0 bridgehead atoms. The summed E-state index contributed by atoms with van der Waals surface area (Å²) < 4.78 is 0. The molecule has 2 aliphatic rings. The van der Waals surface area contributed by atoms with Gasteiger partial charge in [-0.2, -0.15) is 27.5 Å². The fourth-order valence-corrected chi connectivity index (χ4v) is 4.68. The molecule has 112 valence electrons. The number of pyridine rings is 1. The molecule has 3 rings (SSSR count). The fourth-order valence-electron chi connectivity index (χ4n) is 3.60. The van der Waals surface area contributed by atoms with Gasteiger partial charge in [0.25, 0.3) is 0 Å². The molecule has 1 aromatic rings. The van der Waals surface area contributed by atoms with Gasteiger partial charge < -0.3 is 0 Å². The molecule has 1 aliphatic carbocycles. The summed E-state index contributed by atoms with van der Waals surface area (Å²) in [5.41, 5.74) is 0.468. The molecule has 0 spiro atoms. The van der Waals surface area contributed by atoms with Crippen LogP contribution in [0.15, 0.2) is 36.2 Å². The van der Waals surface area contributed by atoms with Gasteiger partial charge in [0.05, 0.1) is 18.2 Å². The zero-order chi connectivity index (χ0) is 16.4. The van der Waals surface area contributed by atoms with E-state index in [2.05, 4.69) is 23.2 Å². The van der Waals surface area contributed by atoms with Crippen molar-refractivity contribution in [3.8, 4) is 18.2 Å². The van der Waals surface area contributed by atoms with Crippen molar-refractivity contribution >= 4 is 17.5 Å². The second-order valence-electron chi connectivity index (χ2n) is 5.66. The Morgan fingerprint density at radius 2 is 1.91 bits per heavy atom. The molecule has 0 aromatic carbocycles. The monoisotopic (exact) mass is 320 g/mol. The summed E-state index contributed by atoms with van der Waals surface area (Å²) in [6.07, 6.45) is 5.34. The summed E-state index contributed by atoms with van der Waals surface area (Å²) >= 11 is 1.74. The number of nitrogens with two attached hydrogens (primary N) is 1. The molecule has 1 aliphatic heterocycles. The maximum absolute atomic E-state index is 9.82. The van der Waals surface area contributed by atoms with Crippen LogP contribution in [0.1, 0.15) is 11.5 Å². The number of nitrogens with zero attached hydrogens (tertiary/aromatic N) is 4. The van der Waals surface area contributed by atoms with Crippen LogP contribution < -0.4 is 5.41 Å². The van der Waals surface area contributed by atoms with Crippen molar-refractivity contribution in [3.63, 3.8) is 0 Å². The molecule has 0 radical (unpaired) electrons. The molecule has 0 amide bonds. The summed E-state index contributed by atoms with van der Waals surface area (Å²) in [5.74, 6) is 0.497. The Morgan fingerprint density at radius 1 is 1.22 bits per heavy atom. The number of hydrogen-bond acceptors (Lipinski definition) is 5. The van der Waals surface area contributed by atoms with E-state index in [1.165, 1.54) is 0 Å². The van der Waals surface area contributed by atoms with Crippen LogP contribution in [0.4, 0.5) is 0 Å². The number of thioether (sulfide) groups is 1. The highest BCUT2D eigenvalue weighted by molar-refractivity contribution is 7.99. The Bertz CT molecular complexity index is 779. The summed E-state index contributed by atoms with van der Waals surface area (Å²) in [7, 11) is 0. The molecule has 2 heterocycles. The number of allylic oxidation sites excluding steroid dienone is 1. The van der Waals surface area contributed by atoms with Crippen LogP contribution in [0.25, 0.3) is 0 Å². The first-order valence-electron chi connectivity index (χ1n) is 7.22. The van der Waals surface area contributed by atoms with Crippen molar-refractivity contribution in [2.75, 3.05) is 11.5 Å². The number of aromatic nitrogens is 1. The molecule has 5 nitrogen and oxygen atoms in total. The van der Waals surface area contributed by atoms with Gasteiger partial charge in [-0.1, -0.05) is 6.08 Å². The van der Waals surface area contributed by atoms with Gasteiger partial charge in [-0.3, -0.25) is 10.4 Å². The van der Waals surface area contributed by atoms with Gasteiger partial charge in [-0.25, -0.2) is 0 Å². The Balaban J connectivity index is 2.26. The SMILES string of the molecule is N#C[C@H]1C(=[NH2+])C(C#N)(C#N)[C@H](c2ccncc2)[C@H]2CSCC=C12. The minimum absolute atomic E-state index is 0.0487. The molecule has 2 N–H and O–H groups in total. The zero-order valence-corrected chi connectivity index (χ0v) is 13.1. The predicted molar refractivity (Wildman–Crippen MR) is 85.6 cm³/mol. The van der Waals surface area contributed by atoms with Crippen LogP contribution in [0.3, 0.4) is 0 Å². The summed E-state index contributed by atoms with van der Waals surface area (Å²) in [6, 6.07) is 10.1. The quantitative estimate of drug-likeness (QED) is 0.771. The van der Waals surface area contributed by atoms with Crippen LogP contribution in [0.2, 0.25) is 0 Å². The van der Waals surface area contributed by atoms with Crippen LogP contribution in [0, 0.1) is 51.2 Å². The van der Waals surface area contributed by atoms with E-state index in [9.17, 15) is 15.8 Å². The third-order valence-electron chi connectivity index (χ3n) is 4.68. The van der Waals surface area contributed by atoms with Gasteiger partial charge in [-0.05, 0) is 23.3 Å². The van der Waals surface area contributed by atoms with Crippen molar-refractivity contribution in [2.24, 2.45) is 17.3 Å². The largest absolute Gasteiger partial charge is 0.265 e. The highest BCUT2D eigenvalue weighted by Gasteiger charge is 2.60. The molecule has 0 unspecified atom stereocenters. The van der Waals surface area contributed by atoms with Crippen molar-refractivity contribution in [3.05, 3.63) is 41.7 Å². The maximum Gasteiger partial charge on any atom is 0.230 e. The number of rotatable bonds is 1. The van der Waals surface area contributed by atoms with Gasteiger partial charge in [0, 0.05) is 35.7 Å². The second kappa shape index (κ2) is 5.88. The average Bonchev–Trinajstić information content (AvgIpc) is 2.61. The highest BCUT2D eigenvalue weighted by Crippen LogP contribution is 2.53. The second-order valence-corrected chi connectivity index (χ2v) is 6.73. The van der Waals surface area contributed by atoms with E-state index in [0.29, 0.717) is 0 Å². The first-order valence-corrected chi connectivity index (χ1v) is 8.37. The van der Waals surface area contributed by atoms with E-state index in [1.54, 1.807) is 24.2 Å². The summed E-state index contributed by atoms with van der Waals surface area (Å²) in [6.45, 7) is 0. The first-order chi connectivity index (χ1) is 11.2. The lowest BCUT2D eigenvalue weighted by molar-refractivity contribution is -0.128. The summed E-state index contributed by atoms with van der Waals surface area (Å²) in [5, 5.41) is 35.4. The van der Waals surface area contributed by atoms with Gasteiger partial charge >= 0.3 is 0 Å². The Kier molecular flexibility index (Phi) is 3.90. The third kappa shape index (κ3) is 2.13. The van der Waals surface area contributed by atoms with Gasteiger partial charge in [0.2, 0.25) is 11.1 Å². The molecular weight excluding hydrogens is 306 g/mol. The van der Waals surface area contributed by atoms with Gasteiger partial charge in [0.1, 0.15) is 5.92 Å². The molecule has 23 heavy (non-hydrogen) atoms. The van der Waals surface area contributed by atoms with Crippen LogP contribution in [0.5, 0.6) is 0 Å². The highest BCUT2D eigenvalue weighted by atomic mass is 32.2. The number of hydrogen-bond donors (Lipinski definition) is 1. The molecule has 1 fully saturated rings. The number of fused-ring (bicyclic) bond motifs is 1.